The van der Waals surface area contributed by atoms with Gasteiger partial charge >= 0.3 is 0 Å². The number of aryl methyl sites for hydroxylation is 2. The van der Waals surface area contributed by atoms with Crippen molar-refractivity contribution in [1.82, 2.24) is 14.5 Å². The molecule has 0 unspecified atom stereocenters. The fourth-order valence-electron chi connectivity index (χ4n) is 4.23. The van der Waals surface area contributed by atoms with Gasteiger partial charge in [-0.2, -0.15) is 0 Å². The van der Waals surface area contributed by atoms with Gasteiger partial charge in [0.1, 0.15) is 0 Å². The first-order chi connectivity index (χ1) is 12.8. The van der Waals surface area contributed by atoms with Crippen LogP contribution in [-0.4, -0.2) is 31.9 Å². The van der Waals surface area contributed by atoms with Crippen molar-refractivity contribution >= 4 is 23.3 Å². The van der Waals surface area contributed by atoms with E-state index in [2.05, 4.69) is 16.5 Å². The van der Waals surface area contributed by atoms with Gasteiger partial charge in [0.05, 0.1) is 17.1 Å². The zero-order chi connectivity index (χ0) is 19.7. The summed E-state index contributed by atoms with van der Waals surface area (Å²) in [7, 11) is 0. The molecule has 0 atom stereocenters. The maximum Gasteiger partial charge on any atom is 0.189 e. The summed E-state index contributed by atoms with van der Waals surface area (Å²) in [6, 6.07) is 0.497. The van der Waals surface area contributed by atoms with Crippen LogP contribution in [0.5, 0.6) is 0 Å². The summed E-state index contributed by atoms with van der Waals surface area (Å²) in [5, 5.41) is 0.943. The molecule has 0 radical (unpaired) electrons. The van der Waals surface area contributed by atoms with Gasteiger partial charge in [0.25, 0.3) is 0 Å². The third-order valence-corrected chi connectivity index (χ3v) is 6.65. The SMILES string of the molecule is CC(=O)c1c(C)[nH]c(C(=O)CSc2nc(C)c(C)n2C2CCCCC2)c1C. The van der Waals surface area contributed by atoms with Crippen LogP contribution >= 0.6 is 11.8 Å². The van der Waals surface area contributed by atoms with Crippen molar-refractivity contribution < 1.29 is 9.59 Å². The highest BCUT2D eigenvalue weighted by atomic mass is 32.2. The highest BCUT2D eigenvalue weighted by molar-refractivity contribution is 7.99. The number of ketones is 2. The van der Waals surface area contributed by atoms with E-state index < -0.39 is 0 Å². The Bertz CT molecular complexity index is 873. The minimum atomic E-state index is -0.00737. The molecule has 0 aliphatic heterocycles. The first-order valence-corrected chi connectivity index (χ1v) is 10.7. The quantitative estimate of drug-likeness (QED) is 0.551. The summed E-state index contributed by atoms with van der Waals surface area (Å²) < 4.78 is 2.35. The average molecular weight is 388 g/mol. The molecule has 1 fully saturated rings. The van der Waals surface area contributed by atoms with Crippen molar-refractivity contribution in [3.63, 3.8) is 0 Å². The Balaban J connectivity index is 1.79. The van der Waals surface area contributed by atoms with Gasteiger partial charge in [-0.25, -0.2) is 4.98 Å². The zero-order valence-corrected chi connectivity index (χ0v) is 17.8. The first kappa shape index (κ1) is 19.9. The fourth-order valence-corrected chi connectivity index (χ4v) is 5.26. The largest absolute Gasteiger partial charge is 0.355 e. The van der Waals surface area contributed by atoms with Crippen LogP contribution in [0, 0.1) is 27.7 Å². The van der Waals surface area contributed by atoms with E-state index in [9.17, 15) is 9.59 Å². The van der Waals surface area contributed by atoms with Crippen LogP contribution in [0.1, 0.15) is 88.6 Å². The molecule has 2 aromatic heterocycles. The molecule has 6 heteroatoms. The highest BCUT2D eigenvalue weighted by Gasteiger charge is 2.24. The summed E-state index contributed by atoms with van der Waals surface area (Å²) in [6.45, 7) is 9.39. The van der Waals surface area contributed by atoms with Crippen LogP contribution in [0.25, 0.3) is 0 Å². The Morgan fingerprint density at radius 1 is 1.15 bits per heavy atom. The standard InChI is InChI=1S/C21H29N3O2S/c1-12-19(16(5)25)14(3)22-20(12)18(26)11-27-21-23-13(2)15(4)24(21)17-9-7-6-8-10-17/h17,22H,6-11H2,1-5H3. The summed E-state index contributed by atoms with van der Waals surface area (Å²) in [5.41, 5.74) is 4.97. The lowest BCUT2D eigenvalue weighted by Crippen LogP contribution is -2.16. The molecule has 2 heterocycles. The van der Waals surface area contributed by atoms with Crippen LogP contribution in [0.3, 0.4) is 0 Å². The minimum absolute atomic E-state index is 0.00737. The molecular formula is C21H29N3O2S. The summed E-state index contributed by atoms with van der Waals surface area (Å²) in [4.78, 5) is 32.5. The predicted molar refractivity (Wildman–Crippen MR) is 109 cm³/mol. The molecule has 27 heavy (non-hydrogen) atoms. The van der Waals surface area contributed by atoms with E-state index in [0.29, 0.717) is 23.1 Å². The molecule has 1 aliphatic rings. The van der Waals surface area contributed by atoms with Gasteiger partial charge in [0.15, 0.2) is 16.7 Å². The van der Waals surface area contributed by atoms with Gasteiger partial charge in [-0.05, 0) is 53.0 Å². The molecule has 5 nitrogen and oxygen atoms in total. The van der Waals surface area contributed by atoms with Crippen LogP contribution in [0.15, 0.2) is 5.16 Å². The summed E-state index contributed by atoms with van der Waals surface area (Å²) >= 11 is 1.51. The normalized spacial score (nSPS) is 15.3. The molecule has 1 N–H and O–H groups in total. The van der Waals surface area contributed by atoms with Crippen molar-refractivity contribution in [2.24, 2.45) is 0 Å². The number of aromatic amines is 1. The number of H-pyrrole nitrogens is 1. The van der Waals surface area contributed by atoms with E-state index in [1.807, 2.05) is 20.8 Å². The van der Waals surface area contributed by atoms with Gasteiger partial charge in [-0.1, -0.05) is 31.0 Å². The average Bonchev–Trinajstić information content (AvgIpc) is 3.09. The van der Waals surface area contributed by atoms with Gasteiger partial charge < -0.3 is 9.55 Å². The molecule has 0 saturated heterocycles. The van der Waals surface area contributed by atoms with Crippen molar-refractivity contribution in [1.29, 1.82) is 0 Å². The minimum Gasteiger partial charge on any atom is -0.355 e. The van der Waals surface area contributed by atoms with Crippen molar-refractivity contribution in [3.05, 3.63) is 33.9 Å². The predicted octanol–water partition coefficient (Wildman–Crippen LogP) is 5.13. The van der Waals surface area contributed by atoms with E-state index in [1.165, 1.54) is 49.6 Å². The number of nitrogens with zero attached hydrogens (tertiary/aromatic N) is 2. The van der Waals surface area contributed by atoms with E-state index >= 15 is 0 Å². The van der Waals surface area contributed by atoms with Gasteiger partial charge in [-0.15, -0.1) is 0 Å². The molecule has 0 amide bonds. The molecule has 3 rings (SSSR count). The third kappa shape index (κ3) is 3.91. The van der Waals surface area contributed by atoms with E-state index in [1.54, 1.807) is 6.92 Å². The van der Waals surface area contributed by atoms with Crippen LogP contribution in [-0.2, 0) is 0 Å². The Labute approximate surface area is 165 Å². The number of carbonyl (C=O) groups excluding carboxylic acids is 2. The first-order valence-electron chi connectivity index (χ1n) is 9.72. The number of hydrogen-bond donors (Lipinski definition) is 1. The number of aromatic nitrogens is 3. The number of imidazole rings is 1. The Kier molecular flexibility index (Phi) is 5.94. The smallest absolute Gasteiger partial charge is 0.189 e. The second-order valence-corrected chi connectivity index (χ2v) is 8.56. The van der Waals surface area contributed by atoms with E-state index in [-0.39, 0.29) is 11.6 Å². The molecular weight excluding hydrogens is 358 g/mol. The molecule has 2 aromatic rings. The summed E-state index contributed by atoms with van der Waals surface area (Å²) in [6.07, 6.45) is 6.22. The topological polar surface area (TPSA) is 67.8 Å². The Morgan fingerprint density at radius 3 is 2.41 bits per heavy atom. The summed E-state index contributed by atoms with van der Waals surface area (Å²) in [5.74, 6) is 0.328. The highest BCUT2D eigenvalue weighted by Crippen LogP contribution is 2.34. The number of carbonyl (C=O) groups is 2. The number of nitrogens with one attached hydrogen (secondary N) is 1. The van der Waals surface area contributed by atoms with Gasteiger partial charge in [0.2, 0.25) is 0 Å². The Hall–Kier alpha value is -1.82. The maximum absolute atomic E-state index is 12.8. The molecule has 0 bridgehead atoms. The third-order valence-electron chi connectivity index (χ3n) is 5.70. The molecule has 146 valence electrons. The lowest BCUT2D eigenvalue weighted by molar-refractivity contribution is 0.101. The fraction of sp³-hybridized carbons (Fsp3) is 0.571. The van der Waals surface area contributed by atoms with Crippen molar-refractivity contribution in [2.75, 3.05) is 5.75 Å². The Morgan fingerprint density at radius 2 is 1.81 bits per heavy atom. The van der Waals surface area contributed by atoms with Crippen LogP contribution in [0.2, 0.25) is 0 Å². The zero-order valence-electron chi connectivity index (χ0n) is 16.9. The number of rotatable bonds is 6. The van der Waals surface area contributed by atoms with Crippen LogP contribution in [0.4, 0.5) is 0 Å². The maximum atomic E-state index is 12.8. The number of Topliss-reactive ketones (excluding diaryl/α,β-unsaturated/α-hetero) is 2. The van der Waals surface area contributed by atoms with Gasteiger partial charge in [-0.3, -0.25) is 9.59 Å². The molecule has 0 aromatic carbocycles. The lowest BCUT2D eigenvalue weighted by atomic mass is 9.95. The number of thioether (sulfide) groups is 1. The molecule has 1 aliphatic carbocycles. The van der Waals surface area contributed by atoms with E-state index in [4.69, 9.17) is 4.98 Å². The molecule has 0 spiro atoms. The van der Waals surface area contributed by atoms with Crippen molar-refractivity contribution in [2.45, 2.75) is 77.9 Å². The van der Waals surface area contributed by atoms with E-state index in [0.717, 1.165) is 22.1 Å². The number of hydrogen-bond acceptors (Lipinski definition) is 4. The second-order valence-electron chi connectivity index (χ2n) is 7.62. The van der Waals surface area contributed by atoms with Gasteiger partial charge in [0, 0.05) is 23.0 Å². The lowest BCUT2D eigenvalue weighted by Gasteiger charge is -2.26. The second kappa shape index (κ2) is 8.05. The van der Waals surface area contributed by atoms with Crippen molar-refractivity contribution in [3.8, 4) is 0 Å². The molecule has 1 saturated carbocycles. The van der Waals surface area contributed by atoms with Crippen LogP contribution < -0.4 is 0 Å². The monoisotopic (exact) mass is 387 g/mol.